The summed E-state index contributed by atoms with van der Waals surface area (Å²) in [6.45, 7) is 3.69. The first-order chi connectivity index (χ1) is 8.91. The topological polar surface area (TPSA) is 68.0 Å². The molecule has 0 spiro atoms. The van der Waals surface area contributed by atoms with Crippen LogP contribution in [0, 0.1) is 5.82 Å². The largest absolute Gasteiger partial charge is 0.476 e. The summed E-state index contributed by atoms with van der Waals surface area (Å²) >= 11 is 3.09. The van der Waals surface area contributed by atoms with Crippen LogP contribution in [-0.2, 0) is 0 Å². The van der Waals surface area contributed by atoms with Crippen LogP contribution in [0.5, 0.6) is 0 Å². The van der Waals surface area contributed by atoms with Crippen molar-refractivity contribution in [1.82, 2.24) is 15.0 Å². The first-order valence-corrected chi connectivity index (χ1v) is 6.35. The van der Waals surface area contributed by atoms with Crippen LogP contribution < -0.4 is 0 Å². The van der Waals surface area contributed by atoms with Gasteiger partial charge in [-0.25, -0.2) is 13.9 Å². The molecule has 0 aliphatic carbocycles. The summed E-state index contributed by atoms with van der Waals surface area (Å²) in [4.78, 5) is 11.1. The summed E-state index contributed by atoms with van der Waals surface area (Å²) in [5.74, 6) is -1.60. The molecule has 0 unspecified atom stereocenters. The molecule has 1 aromatic heterocycles. The molecule has 100 valence electrons. The van der Waals surface area contributed by atoms with Crippen LogP contribution in [0.3, 0.4) is 0 Å². The number of rotatable bonds is 3. The van der Waals surface area contributed by atoms with Crippen molar-refractivity contribution >= 4 is 21.9 Å². The van der Waals surface area contributed by atoms with Crippen LogP contribution in [0.25, 0.3) is 5.69 Å². The summed E-state index contributed by atoms with van der Waals surface area (Å²) in [5, 5.41) is 16.6. The third-order valence-electron chi connectivity index (χ3n) is 2.60. The molecule has 0 fully saturated rings. The fraction of sp³-hybridized carbons (Fsp3) is 0.250. The molecule has 0 aliphatic heterocycles. The Hall–Kier alpha value is -1.76. The van der Waals surface area contributed by atoms with Crippen molar-refractivity contribution in [3.05, 3.63) is 39.9 Å². The van der Waals surface area contributed by atoms with Gasteiger partial charge in [-0.1, -0.05) is 19.1 Å². The lowest BCUT2D eigenvalue weighted by molar-refractivity contribution is 0.0688. The molecule has 1 heterocycles. The van der Waals surface area contributed by atoms with Gasteiger partial charge in [-0.15, -0.1) is 5.10 Å². The average molecular weight is 328 g/mol. The van der Waals surface area contributed by atoms with E-state index in [-0.39, 0.29) is 16.1 Å². The lowest BCUT2D eigenvalue weighted by Gasteiger charge is -2.10. The number of carboxylic acid groups (broad SMARTS) is 1. The second-order valence-corrected chi connectivity index (χ2v) is 5.15. The lowest BCUT2D eigenvalue weighted by Crippen LogP contribution is -2.08. The van der Waals surface area contributed by atoms with Crippen molar-refractivity contribution in [2.45, 2.75) is 19.8 Å². The van der Waals surface area contributed by atoms with E-state index in [0.717, 1.165) is 0 Å². The predicted molar refractivity (Wildman–Crippen MR) is 70.1 cm³/mol. The maximum absolute atomic E-state index is 13.2. The quantitative estimate of drug-likeness (QED) is 0.940. The highest BCUT2D eigenvalue weighted by molar-refractivity contribution is 9.10. The highest BCUT2D eigenvalue weighted by Gasteiger charge is 2.22. The third-order valence-corrected chi connectivity index (χ3v) is 3.21. The average Bonchev–Trinajstić information content (AvgIpc) is 2.77. The molecule has 5 nitrogen and oxygen atoms in total. The molecule has 2 aromatic rings. The minimum atomic E-state index is -1.13. The van der Waals surface area contributed by atoms with Crippen molar-refractivity contribution in [1.29, 1.82) is 0 Å². The van der Waals surface area contributed by atoms with E-state index in [1.54, 1.807) is 0 Å². The lowest BCUT2D eigenvalue weighted by atomic mass is 10.1. The molecule has 19 heavy (non-hydrogen) atoms. The predicted octanol–water partition coefficient (Wildman–Crippen LogP) is 2.99. The van der Waals surface area contributed by atoms with E-state index >= 15 is 0 Å². The van der Waals surface area contributed by atoms with Gasteiger partial charge in [0.2, 0.25) is 0 Å². The van der Waals surface area contributed by atoms with Crippen LogP contribution in [0.4, 0.5) is 4.39 Å². The van der Waals surface area contributed by atoms with E-state index in [1.165, 1.54) is 22.9 Å². The number of aromatic carboxylic acids is 1. The van der Waals surface area contributed by atoms with Crippen molar-refractivity contribution in [2.75, 3.05) is 0 Å². The summed E-state index contributed by atoms with van der Waals surface area (Å²) < 4.78 is 14.9. The van der Waals surface area contributed by atoms with Crippen molar-refractivity contribution < 1.29 is 14.3 Å². The molecule has 0 aliphatic rings. The van der Waals surface area contributed by atoms with Gasteiger partial charge in [0, 0.05) is 0 Å². The highest BCUT2D eigenvalue weighted by Crippen LogP contribution is 2.24. The van der Waals surface area contributed by atoms with Gasteiger partial charge >= 0.3 is 5.97 Å². The Balaban J connectivity index is 2.62. The minimum Gasteiger partial charge on any atom is -0.476 e. The molecule has 1 aromatic carbocycles. The molecule has 0 bridgehead atoms. The Labute approximate surface area is 117 Å². The number of aromatic nitrogens is 3. The number of hydrogen-bond acceptors (Lipinski definition) is 3. The molecular formula is C12H11BrFN3O2. The highest BCUT2D eigenvalue weighted by atomic mass is 79.9. The number of hydrogen-bond donors (Lipinski definition) is 1. The van der Waals surface area contributed by atoms with Crippen LogP contribution in [-0.4, -0.2) is 26.1 Å². The number of halogens is 2. The number of benzene rings is 1. The monoisotopic (exact) mass is 327 g/mol. The first-order valence-electron chi connectivity index (χ1n) is 5.56. The minimum absolute atomic E-state index is 0.0788. The summed E-state index contributed by atoms with van der Waals surface area (Å²) in [6.07, 6.45) is 0. The summed E-state index contributed by atoms with van der Waals surface area (Å²) in [5.41, 5.74) is 0.943. The molecule has 0 radical (unpaired) electrons. The standard InChI is InChI=1S/C12H11BrFN3O2/c1-6(2)11-10(12(18)19)15-16-17(11)7-3-4-9(14)8(13)5-7/h3-6H,1-2H3,(H,18,19). The van der Waals surface area contributed by atoms with Gasteiger partial charge in [0.05, 0.1) is 15.9 Å². The Morgan fingerprint density at radius 3 is 2.68 bits per heavy atom. The second-order valence-electron chi connectivity index (χ2n) is 4.29. The van der Waals surface area contributed by atoms with E-state index in [2.05, 4.69) is 26.2 Å². The zero-order valence-electron chi connectivity index (χ0n) is 10.3. The van der Waals surface area contributed by atoms with Gasteiger partial charge in [-0.2, -0.15) is 0 Å². The fourth-order valence-corrected chi connectivity index (χ4v) is 2.13. The van der Waals surface area contributed by atoms with Gasteiger partial charge < -0.3 is 5.11 Å². The summed E-state index contributed by atoms with van der Waals surface area (Å²) in [6, 6.07) is 4.33. The molecule has 7 heteroatoms. The van der Waals surface area contributed by atoms with Crippen molar-refractivity contribution in [3.8, 4) is 5.69 Å². The van der Waals surface area contributed by atoms with E-state index in [4.69, 9.17) is 5.11 Å². The van der Waals surface area contributed by atoms with Gasteiger partial charge in [0.25, 0.3) is 0 Å². The van der Waals surface area contributed by atoms with Crippen molar-refractivity contribution in [3.63, 3.8) is 0 Å². The molecule has 0 amide bonds. The van der Waals surface area contributed by atoms with Gasteiger partial charge in [0.15, 0.2) is 5.69 Å². The Kier molecular flexibility index (Phi) is 3.66. The Morgan fingerprint density at radius 1 is 1.47 bits per heavy atom. The molecule has 0 atom stereocenters. The van der Waals surface area contributed by atoms with E-state index < -0.39 is 11.8 Å². The number of carbonyl (C=O) groups is 1. The Morgan fingerprint density at radius 2 is 2.16 bits per heavy atom. The van der Waals surface area contributed by atoms with Crippen LogP contribution in [0.2, 0.25) is 0 Å². The molecule has 2 rings (SSSR count). The zero-order valence-corrected chi connectivity index (χ0v) is 11.8. The number of carboxylic acids is 1. The van der Waals surface area contributed by atoms with E-state index in [0.29, 0.717) is 11.4 Å². The SMILES string of the molecule is CC(C)c1c(C(=O)O)nnn1-c1ccc(F)c(Br)c1. The van der Waals surface area contributed by atoms with Gasteiger partial charge in [-0.3, -0.25) is 0 Å². The smallest absolute Gasteiger partial charge is 0.358 e. The zero-order chi connectivity index (χ0) is 14.2. The van der Waals surface area contributed by atoms with Gasteiger partial charge in [0.1, 0.15) is 5.82 Å². The second kappa shape index (κ2) is 5.08. The Bertz CT molecular complexity index is 640. The van der Waals surface area contributed by atoms with E-state index in [1.807, 2.05) is 13.8 Å². The normalized spacial score (nSPS) is 11.0. The maximum Gasteiger partial charge on any atom is 0.358 e. The van der Waals surface area contributed by atoms with Crippen molar-refractivity contribution in [2.24, 2.45) is 0 Å². The molecule has 1 N–H and O–H groups in total. The van der Waals surface area contributed by atoms with Gasteiger partial charge in [-0.05, 0) is 40.0 Å². The maximum atomic E-state index is 13.2. The molecule has 0 saturated heterocycles. The third kappa shape index (κ3) is 2.51. The first kappa shape index (κ1) is 13.7. The van der Waals surface area contributed by atoms with Crippen LogP contribution in [0.15, 0.2) is 22.7 Å². The van der Waals surface area contributed by atoms with E-state index in [9.17, 15) is 9.18 Å². The molecule has 0 saturated carbocycles. The summed E-state index contributed by atoms with van der Waals surface area (Å²) in [7, 11) is 0. The van der Waals surface area contributed by atoms with Crippen LogP contribution >= 0.6 is 15.9 Å². The fourth-order valence-electron chi connectivity index (χ4n) is 1.77. The number of nitrogens with zero attached hydrogens (tertiary/aromatic N) is 3. The van der Waals surface area contributed by atoms with Crippen LogP contribution in [0.1, 0.15) is 35.9 Å². The molecular weight excluding hydrogens is 317 g/mol.